The first kappa shape index (κ1) is 19.9. The van der Waals surface area contributed by atoms with Gasteiger partial charge in [-0.3, -0.25) is 25.6 Å². The van der Waals surface area contributed by atoms with E-state index in [0.717, 1.165) is 43.6 Å². The minimum atomic E-state index is -0.516. The van der Waals surface area contributed by atoms with Gasteiger partial charge in [0, 0.05) is 17.8 Å². The molecule has 0 unspecified atom stereocenters. The molecular weight excluding hydrogens is 336 g/mol. The van der Waals surface area contributed by atoms with Crippen LogP contribution in [0.3, 0.4) is 0 Å². The summed E-state index contributed by atoms with van der Waals surface area (Å²) in [4.78, 5) is 31.6. The normalized spacial score (nSPS) is 14.4. The molecule has 9 heteroatoms. The van der Waals surface area contributed by atoms with Gasteiger partial charge in [0.15, 0.2) is 0 Å². The van der Waals surface area contributed by atoms with Gasteiger partial charge in [0.05, 0.1) is 12.5 Å². The number of carbonyl (C=O) groups excluding carboxylic acids is 2. The molecule has 1 aromatic heterocycles. The van der Waals surface area contributed by atoms with Crippen LogP contribution in [0.4, 0.5) is 11.8 Å². The number of hydrogen-bond donors (Lipinski definition) is 4. The van der Waals surface area contributed by atoms with E-state index in [2.05, 4.69) is 33.1 Å². The standard InChI is InChI=1S/C17H28N6O3/c1-3-4-5-6-13(10-23(26)11-24)16(25)21-22-17-18-12(2)9-15(20-17)19-14-7-8-14/h9,11,13-14,26H,3-8,10H2,1-2H3,(H,21,25)(H2,18,19,20,22)/t13-/m0/s1. The molecule has 144 valence electrons. The van der Waals surface area contributed by atoms with Gasteiger partial charge >= 0.3 is 0 Å². The molecule has 0 bridgehead atoms. The molecule has 26 heavy (non-hydrogen) atoms. The van der Waals surface area contributed by atoms with Crippen LogP contribution in [-0.4, -0.2) is 45.1 Å². The third kappa shape index (κ3) is 6.83. The maximum atomic E-state index is 12.4. The van der Waals surface area contributed by atoms with Gasteiger partial charge in [0.2, 0.25) is 18.3 Å². The summed E-state index contributed by atoms with van der Waals surface area (Å²) in [7, 11) is 0. The molecule has 1 aromatic rings. The highest BCUT2D eigenvalue weighted by Gasteiger charge is 2.22. The van der Waals surface area contributed by atoms with Crippen LogP contribution in [0.25, 0.3) is 0 Å². The minimum absolute atomic E-state index is 0.0517. The molecule has 2 amide bonds. The van der Waals surface area contributed by atoms with Crippen molar-refractivity contribution in [1.82, 2.24) is 20.5 Å². The average Bonchev–Trinajstić information content (AvgIpc) is 3.42. The SMILES string of the molecule is CCCCC[C@@H](CN(O)C=O)C(=O)NNc1nc(C)cc(NC2CC2)n1. The fourth-order valence-corrected chi connectivity index (χ4v) is 2.57. The molecule has 1 fully saturated rings. The van der Waals surface area contributed by atoms with E-state index in [0.29, 0.717) is 29.9 Å². The van der Waals surface area contributed by atoms with Crippen molar-refractivity contribution in [3.63, 3.8) is 0 Å². The summed E-state index contributed by atoms with van der Waals surface area (Å²) in [6, 6.07) is 2.32. The van der Waals surface area contributed by atoms with Crippen molar-refractivity contribution >= 4 is 24.1 Å². The van der Waals surface area contributed by atoms with Gasteiger partial charge < -0.3 is 5.32 Å². The van der Waals surface area contributed by atoms with Crippen LogP contribution >= 0.6 is 0 Å². The van der Waals surface area contributed by atoms with Crippen LogP contribution in [0, 0.1) is 12.8 Å². The lowest BCUT2D eigenvalue weighted by atomic mass is 10.0. The summed E-state index contributed by atoms with van der Waals surface area (Å²) in [5.41, 5.74) is 6.09. The smallest absolute Gasteiger partial charge is 0.243 e. The molecule has 0 saturated heterocycles. The third-order valence-electron chi connectivity index (χ3n) is 4.14. The Bertz CT molecular complexity index is 608. The zero-order valence-electron chi connectivity index (χ0n) is 15.4. The van der Waals surface area contributed by atoms with E-state index in [-0.39, 0.29) is 12.5 Å². The van der Waals surface area contributed by atoms with Crippen LogP contribution in [-0.2, 0) is 9.59 Å². The predicted molar refractivity (Wildman–Crippen MR) is 97.4 cm³/mol. The van der Waals surface area contributed by atoms with E-state index >= 15 is 0 Å². The fraction of sp³-hybridized carbons (Fsp3) is 0.647. The molecule has 1 atom stereocenters. The molecule has 0 aromatic carbocycles. The molecular formula is C17H28N6O3. The van der Waals surface area contributed by atoms with E-state index in [1.54, 1.807) is 0 Å². The second-order valence-electron chi connectivity index (χ2n) is 6.67. The summed E-state index contributed by atoms with van der Waals surface area (Å²) in [6.07, 6.45) is 6.00. The maximum Gasteiger partial charge on any atom is 0.243 e. The van der Waals surface area contributed by atoms with Gasteiger partial charge in [-0.2, -0.15) is 4.98 Å². The molecule has 0 spiro atoms. The Morgan fingerprint density at radius 3 is 2.85 bits per heavy atom. The van der Waals surface area contributed by atoms with Crippen LogP contribution in [0.1, 0.15) is 51.1 Å². The first-order valence-corrected chi connectivity index (χ1v) is 9.10. The number of rotatable bonds is 12. The van der Waals surface area contributed by atoms with Gasteiger partial charge in [0.1, 0.15) is 5.82 Å². The second-order valence-corrected chi connectivity index (χ2v) is 6.67. The fourth-order valence-electron chi connectivity index (χ4n) is 2.57. The van der Waals surface area contributed by atoms with E-state index < -0.39 is 5.92 Å². The first-order chi connectivity index (χ1) is 12.5. The van der Waals surface area contributed by atoms with Crippen molar-refractivity contribution in [2.45, 2.75) is 58.4 Å². The highest BCUT2D eigenvalue weighted by molar-refractivity contribution is 5.80. The maximum absolute atomic E-state index is 12.4. The number of hydroxylamine groups is 2. The lowest BCUT2D eigenvalue weighted by Crippen LogP contribution is -2.40. The van der Waals surface area contributed by atoms with Crippen molar-refractivity contribution in [3.8, 4) is 0 Å². The molecule has 1 aliphatic carbocycles. The minimum Gasteiger partial charge on any atom is -0.367 e. The van der Waals surface area contributed by atoms with Crippen molar-refractivity contribution in [2.75, 3.05) is 17.3 Å². The number of nitrogens with one attached hydrogen (secondary N) is 3. The average molecular weight is 364 g/mol. The molecule has 1 heterocycles. The molecule has 9 nitrogen and oxygen atoms in total. The summed E-state index contributed by atoms with van der Waals surface area (Å²) in [5, 5.41) is 13.2. The van der Waals surface area contributed by atoms with Gasteiger partial charge in [0.25, 0.3) is 0 Å². The number of anilines is 2. The second kappa shape index (κ2) is 9.91. The number of hydrogen-bond acceptors (Lipinski definition) is 7. The van der Waals surface area contributed by atoms with Crippen molar-refractivity contribution in [2.24, 2.45) is 5.92 Å². The molecule has 2 rings (SSSR count). The van der Waals surface area contributed by atoms with E-state index in [1.165, 1.54) is 0 Å². The van der Waals surface area contributed by atoms with E-state index in [9.17, 15) is 14.8 Å². The lowest BCUT2D eigenvalue weighted by molar-refractivity contribution is -0.154. The number of unbranched alkanes of at least 4 members (excludes halogenated alkanes) is 2. The molecule has 0 radical (unpaired) electrons. The highest BCUT2D eigenvalue weighted by Crippen LogP contribution is 2.24. The van der Waals surface area contributed by atoms with E-state index in [1.807, 2.05) is 13.0 Å². The van der Waals surface area contributed by atoms with Crippen LogP contribution in [0.5, 0.6) is 0 Å². The number of aryl methyl sites for hydroxylation is 1. The number of amides is 2. The topological polar surface area (TPSA) is 119 Å². The van der Waals surface area contributed by atoms with Gasteiger partial charge in [-0.1, -0.05) is 26.2 Å². The van der Waals surface area contributed by atoms with Gasteiger partial charge in [-0.25, -0.2) is 10.0 Å². The van der Waals surface area contributed by atoms with E-state index in [4.69, 9.17) is 0 Å². The number of nitrogens with zero attached hydrogens (tertiary/aromatic N) is 3. The number of carbonyl (C=O) groups is 2. The number of aromatic nitrogens is 2. The van der Waals surface area contributed by atoms with Crippen LogP contribution < -0.4 is 16.2 Å². The monoisotopic (exact) mass is 364 g/mol. The largest absolute Gasteiger partial charge is 0.367 e. The quantitative estimate of drug-likeness (QED) is 0.193. The zero-order valence-corrected chi connectivity index (χ0v) is 15.4. The molecule has 4 N–H and O–H groups in total. The van der Waals surface area contributed by atoms with Crippen molar-refractivity contribution in [1.29, 1.82) is 0 Å². The Morgan fingerprint density at radius 2 is 2.19 bits per heavy atom. The Labute approximate surface area is 153 Å². The molecule has 1 aliphatic rings. The predicted octanol–water partition coefficient (Wildman–Crippen LogP) is 1.85. The molecule has 0 aliphatic heterocycles. The van der Waals surface area contributed by atoms with Crippen LogP contribution in [0.2, 0.25) is 0 Å². The van der Waals surface area contributed by atoms with Gasteiger partial charge in [-0.15, -0.1) is 0 Å². The summed E-state index contributed by atoms with van der Waals surface area (Å²) in [6.45, 7) is 3.88. The lowest BCUT2D eigenvalue weighted by Gasteiger charge is -2.19. The van der Waals surface area contributed by atoms with Crippen LogP contribution in [0.15, 0.2) is 6.07 Å². The molecule has 1 saturated carbocycles. The van der Waals surface area contributed by atoms with Crippen molar-refractivity contribution in [3.05, 3.63) is 11.8 Å². The highest BCUT2D eigenvalue weighted by atomic mass is 16.5. The summed E-state index contributed by atoms with van der Waals surface area (Å²) < 4.78 is 0. The van der Waals surface area contributed by atoms with Crippen molar-refractivity contribution < 1.29 is 14.8 Å². The zero-order chi connectivity index (χ0) is 18.9. The number of hydrazine groups is 1. The Kier molecular flexibility index (Phi) is 7.58. The third-order valence-corrected chi connectivity index (χ3v) is 4.14. The van der Waals surface area contributed by atoms with Gasteiger partial charge in [-0.05, 0) is 26.2 Å². The summed E-state index contributed by atoms with van der Waals surface area (Å²) in [5.74, 6) is 0.186. The summed E-state index contributed by atoms with van der Waals surface area (Å²) >= 11 is 0. The Hall–Kier alpha value is -2.42. The Balaban J connectivity index is 1.92. The first-order valence-electron chi connectivity index (χ1n) is 9.10. The Morgan fingerprint density at radius 1 is 1.42 bits per heavy atom.